The number of carbonyl (C=O) groups is 2. The molecule has 0 radical (unpaired) electrons. The van der Waals surface area contributed by atoms with Gasteiger partial charge >= 0.3 is 0 Å². The first-order chi connectivity index (χ1) is 12.1. The number of nitrogens with two attached hydrogens (primary N) is 2. The second kappa shape index (κ2) is 10.8. The molecular weight excluding hydrogens is 391 g/mol. The topological polar surface area (TPSA) is 143 Å². The number of carbonyl (C=O) groups excluding carboxylic acids is 2. The quantitative estimate of drug-likeness (QED) is 0.740. The zero-order valence-electron chi connectivity index (χ0n) is 15.7. The Kier molecular flexibility index (Phi) is 9.93. The van der Waals surface area contributed by atoms with Crippen LogP contribution in [0.2, 0.25) is 10.3 Å². The van der Waals surface area contributed by atoms with Crippen molar-refractivity contribution in [2.45, 2.75) is 40.5 Å². The molecule has 0 aromatic carbocycles. The second-order valence-corrected chi connectivity index (χ2v) is 6.33. The summed E-state index contributed by atoms with van der Waals surface area (Å²) >= 11 is 11.5. The van der Waals surface area contributed by atoms with Crippen molar-refractivity contribution in [3.8, 4) is 0 Å². The van der Waals surface area contributed by atoms with Crippen LogP contribution in [0.3, 0.4) is 0 Å². The zero-order valence-corrected chi connectivity index (χ0v) is 17.2. The van der Waals surface area contributed by atoms with Gasteiger partial charge in [-0.05, 0) is 49.9 Å². The van der Waals surface area contributed by atoms with Crippen molar-refractivity contribution in [2.24, 2.45) is 11.5 Å². The molecule has 2 rings (SSSR count). The van der Waals surface area contributed by atoms with Gasteiger partial charge < -0.3 is 16.9 Å². The fourth-order valence-corrected chi connectivity index (χ4v) is 2.81. The number of primary amides is 2. The lowest BCUT2D eigenvalue weighted by atomic mass is 10.1. The normalized spacial score (nSPS) is 9.70. The molecule has 0 unspecified atom stereocenters. The van der Waals surface area contributed by atoms with Crippen molar-refractivity contribution in [2.75, 3.05) is 0 Å². The van der Waals surface area contributed by atoms with Crippen LogP contribution in [0.15, 0.2) is 12.1 Å². The molecule has 0 atom stereocenters. The van der Waals surface area contributed by atoms with Crippen LogP contribution >= 0.6 is 23.2 Å². The van der Waals surface area contributed by atoms with Crippen LogP contribution in [-0.4, -0.2) is 27.3 Å². The van der Waals surface area contributed by atoms with Gasteiger partial charge in [0.05, 0.1) is 11.1 Å². The fourth-order valence-electron chi connectivity index (χ4n) is 2.31. The van der Waals surface area contributed by atoms with E-state index in [1.165, 1.54) is 0 Å². The van der Waals surface area contributed by atoms with E-state index >= 15 is 0 Å². The Balaban J connectivity index is 0.000000483. The number of amides is 2. The van der Waals surface area contributed by atoms with Gasteiger partial charge in [-0.25, -0.2) is 9.97 Å². The molecule has 0 bridgehead atoms. The molecule has 0 aliphatic heterocycles. The highest BCUT2D eigenvalue weighted by Gasteiger charge is 2.11. The summed E-state index contributed by atoms with van der Waals surface area (Å²) in [5.74, 6) is -1.08. The molecule has 7 nitrogen and oxygen atoms in total. The van der Waals surface area contributed by atoms with E-state index < -0.39 is 11.8 Å². The molecule has 2 aromatic rings. The predicted molar refractivity (Wildman–Crippen MR) is 107 cm³/mol. The average molecular weight is 415 g/mol. The van der Waals surface area contributed by atoms with E-state index in [0.29, 0.717) is 0 Å². The van der Waals surface area contributed by atoms with Crippen molar-refractivity contribution in [3.63, 3.8) is 0 Å². The Labute approximate surface area is 168 Å². The van der Waals surface area contributed by atoms with Crippen molar-refractivity contribution < 1.29 is 15.1 Å². The Morgan fingerprint density at radius 1 is 0.852 bits per heavy atom. The molecule has 0 saturated carbocycles. The fraction of sp³-hybridized carbons (Fsp3) is 0.333. The van der Waals surface area contributed by atoms with Gasteiger partial charge in [-0.1, -0.05) is 37.0 Å². The van der Waals surface area contributed by atoms with E-state index in [1.54, 1.807) is 12.1 Å². The smallest absolute Gasteiger partial charge is 0.251 e. The molecule has 0 aliphatic carbocycles. The maximum Gasteiger partial charge on any atom is 0.251 e. The molecule has 2 amide bonds. The summed E-state index contributed by atoms with van der Waals surface area (Å²) in [5.41, 5.74) is 14.5. The van der Waals surface area contributed by atoms with Gasteiger partial charge in [-0.2, -0.15) is 0 Å². The van der Waals surface area contributed by atoms with E-state index in [-0.39, 0.29) is 26.9 Å². The van der Waals surface area contributed by atoms with Crippen LogP contribution in [0.25, 0.3) is 0 Å². The zero-order chi connectivity index (χ0) is 20.0. The number of pyridine rings is 2. The van der Waals surface area contributed by atoms with Crippen molar-refractivity contribution in [1.82, 2.24) is 9.97 Å². The van der Waals surface area contributed by atoms with Gasteiger partial charge in [0.25, 0.3) is 11.8 Å². The van der Waals surface area contributed by atoms with Gasteiger partial charge in [0, 0.05) is 11.4 Å². The summed E-state index contributed by atoms with van der Waals surface area (Å²) in [6, 6.07) is 3.35. The lowest BCUT2D eigenvalue weighted by Crippen LogP contribution is -2.13. The number of halogens is 2. The van der Waals surface area contributed by atoms with E-state index in [2.05, 4.69) is 9.97 Å². The van der Waals surface area contributed by atoms with Crippen LogP contribution < -0.4 is 11.5 Å². The molecule has 0 fully saturated rings. The number of hydrogen-bond acceptors (Lipinski definition) is 4. The summed E-state index contributed by atoms with van der Waals surface area (Å²) in [7, 11) is 0. The largest absolute Gasteiger partial charge is 0.412 e. The van der Waals surface area contributed by atoms with Gasteiger partial charge in [0.15, 0.2) is 0 Å². The van der Waals surface area contributed by atoms with Crippen molar-refractivity contribution >= 4 is 35.0 Å². The van der Waals surface area contributed by atoms with Crippen LogP contribution in [0.5, 0.6) is 0 Å². The lowest BCUT2D eigenvalue weighted by molar-refractivity contribution is 0.0991. The molecule has 148 valence electrons. The van der Waals surface area contributed by atoms with E-state index in [9.17, 15) is 9.59 Å². The summed E-state index contributed by atoms with van der Waals surface area (Å²) in [5, 5.41) is 0.380. The SMILES string of the molecule is CCc1nc(Cl)c(C(N)=O)cc1C.CCc1nc(Cl)c(C(N)=O)cc1C.O. The minimum Gasteiger partial charge on any atom is -0.412 e. The number of aryl methyl sites for hydroxylation is 4. The average Bonchev–Trinajstić information content (AvgIpc) is 2.58. The minimum absolute atomic E-state index is 0. The van der Waals surface area contributed by atoms with Crippen molar-refractivity contribution in [1.29, 1.82) is 0 Å². The molecule has 0 aliphatic rings. The summed E-state index contributed by atoms with van der Waals surface area (Å²) in [6.07, 6.45) is 1.59. The molecule has 0 saturated heterocycles. The molecule has 2 heterocycles. The first-order valence-electron chi connectivity index (χ1n) is 8.03. The standard InChI is InChI=1S/2C9H11ClN2O.H2O/c2*1-3-7-5(2)4-6(9(11)13)8(10)12-7;/h2*4H,3H2,1-2H3,(H2,11,13);1H2. The summed E-state index contributed by atoms with van der Waals surface area (Å²) in [6.45, 7) is 7.73. The van der Waals surface area contributed by atoms with Crippen LogP contribution in [0.1, 0.15) is 57.1 Å². The monoisotopic (exact) mass is 414 g/mol. The maximum absolute atomic E-state index is 10.9. The van der Waals surface area contributed by atoms with Gasteiger partial charge in [-0.3, -0.25) is 9.59 Å². The highest BCUT2D eigenvalue weighted by atomic mass is 35.5. The maximum atomic E-state index is 10.9. The number of rotatable bonds is 4. The number of hydrogen-bond donors (Lipinski definition) is 2. The van der Waals surface area contributed by atoms with E-state index in [4.69, 9.17) is 34.7 Å². The Morgan fingerprint density at radius 2 is 1.15 bits per heavy atom. The Bertz CT molecular complexity index is 772. The third-order valence-electron chi connectivity index (χ3n) is 3.74. The second-order valence-electron chi connectivity index (χ2n) is 5.62. The third-order valence-corrected chi connectivity index (χ3v) is 4.32. The Hall–Kier alpha value is -2.22. The van der Waals surface area contributed by atoms with Crippen LogP contribution in [0, 0.1) is 13.8 Å². The first-order valence-corrected chi connectivity index (χ1v) is 8.79. The predicted octanol–water partition coefficient (Wildman–Crippen LogP) is 2.58. The summed E-state index contributed by atoms with van der Waals surface area (Å²) in [4.78, 5) is 29.9. The van der Waals surface area contributed by atoms with Gasteiger partial charge in [-0.15, -0.1) is 0 Å². The molecule has 9 heteroatoms. The van der Waals surface area contributed by atoms with Crippen LogP contribution in [0.4, 0.5) is 0 Å². The molecule has 0 spiro atoms. The minimum atomic E-state index is -0.539. The van der Waals surface area contributed by atoms with Gasteiger partial charge in [0.1, 0.15) is 10.3 Å². The van der Waals surface area contributed by atoms with Crippen molar-refractivity contribution in [3.05, 3.63) is 56.1 Å². The highest BCUT2D eigenvalue weighted by Crippen LogP contribution is 2.18. The summed E-state index contributed by atoms with van der Waals surface area (Å²) < 4.78 is 0. The lowest BCUT2D eigenvalue weighted by Gasteiger charge is -2.05. The molecule has 6 N–H and O–H groups in total. The molecule has 27 heavy (non-hydrogen) atoms. The van der Waals surface area contributed by atoms with Gasteiger partial charge in [0.2, 0.25) is 0 Å². The van der Waals surface area contributed by atoms with E-state index in [0.717, 1.165) is 35.4 Å². The van der Waals surface area contributed by atoms with Crippen LogP contribution in [-0.2, 0) is 12.8 Å². The first kappa shape index (κ1) is 24.8. The Morgan fingerprint density at radius 3 is 1.37 bits per heavy atom. The molecular formula is C18H24Cl2N4O3. The van der Waals surface area contributed by atoms with E-state index in [1.807, 2.05) is 27.7 Å². The molecule has 2 aromatic heterocycles. The third kappa shape index (κ3) is 6.46. The number of nitrogens with zero attached hydrogens (tertiary/aromatic N) is 2. The highest BCUT2D eigenvalue weighted by molar-refractivity contribution is 6.33. The number of aromatic nitrogens is 2.